The Balaban J connectivity index is 2.12. The molecule has 0 saturated heterocycles. The first-order chi connectivity index (χ1) is 10.3. The first kappa shape index (κ1) is 16.7. The predicted molar refractivity (Wildman–Crippen MR) is 87.6 cm³/mol. The Bertz CT molecular complexity index is 517. The number of ether oxygens (including phenoxy) is 2. The van der Waals surface area contributed by atoms with E-state index in [-0.39, 0.29) is 17.4 Å². The van der Waals surface area contributed by atoms with Crippen LogP contribution in [0.15, 0.2) is 18.2 Å². The average Bonchev–Trinajstić information content (AvgIpc) is 2.44. The van der Waals surface area contributed by atoms with Gasteiger partial charge >= 0.3 is 0 Å². The fourth-order valence-electron chi connectivity index (χ4n) is 3.66. The highest BCUT2D eigenvalue weighted by molar-refractivity contribution is 5.95. The number of amides is 1. The van der Waals surface area contributed by atoms with E-state index >= 15 is 0 Å². The number of carbonyl (C=O) groups excluding carboxylic acids is 1. The van der Waals surface area contributed by atoms with Crippen LogP contribution in [-0.4, -0.2) is 26.2 Å². The lowest BCUT2D eigenvalue weighted by Gasteiger charge is -2.39. The summed E-state index contributed by atoms with van der Waals surface area (Å²) in [5.74, 6) is 1.82. The number of methoxy groups -OCH3 is 2. The minimum atomic E-state index is -0.0629. The highest BCUT2D eigenvalue weighted by atomic mass is 16.5. The minimum Gasteiger partial charge on any atom is -0.497 e. The monoisotopic (exact) mass is 305 g/mol. The van der Waals surface area contributed by atoms with Crippen molar-refractivity contribution in [3.63, 3.8) is 0 Å². The number of benzene rings is 1. The molecule has 22 heavy (non-hydrogen) atoms. The van der Waals surface area contributed by atoms with Crippen molar-refractivity contribution in [1.29, 1.82) is 0 Å². The lowest BCUT2D eigenvalue weighted by Crippen LogP contribution is -2.43. The van der Waals surface area contributed by atoms with Crippen molar-refractivity contribution in [2.24, 2.45) is 11.3 Å². The van der Waals surface area contributed by atoms with Gasteiger partial charge in [0.1, 0.15) is 11.5 Å². The molecule has 4 heteroatoms. The molecule has 1 aromatic carbocycles. The highest BCUT2D eigenvalue weighted by Crippen LogP contribution is 2.38. The highest BCUT2D eigenvalue weighted by Gasteiger charge is 2.32. The van der Waals surface area contributed by atoms with Gasteiger partial charge in [-0.05, 0) is 42.7 Å². The van der Waals surface area contributed by atoms with E-state index in [1.807, 2.05) is 0 Å². The van der Waals surface area contributed by atoms with Crippen LogP contribution >= 0.6 is 0 Å². The van der Waals surface area contributed by atoms with Gasteiger partial charge in [-0.1, -0.05) is 20.8 Å². The summed E-state index contributed by atoms with van der Waals surface area (Å²) >= 11 is 0. The van der Waals surface area contributed by atoms with Gasteiger partial charge in [0.15, 0.2) is 0 Å². The summed E-state index contributed by atoms with van der Waals surface area (Å²) in [4.78, 5) is 12.5. The van der Waals surface area contributed by atoms with E-state index in [1.54, 1.807) is 32.4 Å². The topological polar surface area (TPSA) is 47.6 Å². The van der Waals surface area contributed by atoms with Crippen molar-refractivity contribution >= 4 is 5.91 Å². The Morgan fingerprint density at radius 3 is 2.23 bits per heavy atom. The van der Waals surface area contributed by atoms with Crippen molar-refractivity contribution in [3.8, 4) is 11.5 Å². The Kier molecular flexibility index (Phi) is 4.99. The lowest BCUT2D eigenvalue weighted by molar-refractivity contribution is 0.0873. The molecule has 122 valence electrons. The molecule has 0 bridgehead atoms. The summed E-state index contributed by atoms with van der Waals surface area (Å²) in [6.07, 6.45) is 3.27. The summed E-state index contributed by atoms with van der Waals surface area (Å²) in [6.45, 7) is 6.81. The SMILES string of the molecule is COc1cc(OC)cc(C(=O)N[C@@H]2C[C@@H](C)CC(C)(C)C2)c1. The molecule has 0 heterocycles. The van der Waals surface area contributed by atoms with Gasteiger partial charge in [-0.3, -0.25) is 4.79 Å². The molecule has 1 saturated carbocycles. The van der Waals surface area contributed by atoms with E-state index < -0.39 is 0 Å². The third kappa shape index (κ3) is 4.15. The molecule has 1 aromatic rings. The van der Waals surface area contributed by atoms with Crippen LogP contribution in [0.3, 0.4) is 0 Å². The largest absolute Gasteiger partial charge is 0.497 e. The summed E-state index contributed by atoms with van der Waals surface area (Å²) < 4.78 is 10.5. The summed E-state index contributed by atoms with van der Waals surface area (Å²) in [5, 5.41) is 3.17. The Morgan fingerprint density at radius 2 is 1.73 bits per heavy atom. The molecule has 2 rings (SSSR count). The first-order valence-electron chi connectivity index (χ1n) is 7.87. The number of hydrogen-bond donors (Lipinski definition) is 1. The van der Waals surface area contributed by atoms with Crippen LogP contribution < -0.4 is 14.8 Å². The van der Waals surface area contributed by atoms with Gasteiger partial charge in [-0.25, -0.2) is 0 Å². The molecule has 0 aliphatic heterocycles. The average molecular weight is 305 g/mol. The second-order valence-corrected chi connectivity index (χ2v) is 7.19. The van der Waals surface area contributed by atoms with Crippen LogP contribution in [0.1, 0.15) is 50.4 Å². The molecule has 0 radical (unpaired) electrons. The van der Waals surface area contributed by atoms with Gasteiger partial charge < -0.3 is 14.8 Å². The second kappa shape index (κ2) is 6.59. The van der Waals surface area contributed by atoms with Gasteiger partial charge in [0, 0.05) is 17.7 Å². The maximum absolute atomic E-state index is 12.5. The van der Waals surface area contributed by atoms with Gasteiger partial charge in [0.2, 0.25) is 0 Å². The molecule has 1 fully saturated rings. The zero-order valence-electron chi connectivity index (χ0n) is 14.2. The minimum absolute atomic E-state index is 0.0629. The zero-order chi connectivity index (χ0) is 16.3. The maximum atomic E-state index is 12.5. The smallest absolute Gasteiger partial charge is 0.251 e. The third-order valence-corrected chi connectivity index (χ3v) is 4.34. The molecule has 0 unspecified atom stereocenters. The van der Waals surface area contributed by atoms with Crippen molar-refractivity contribution in [2.45, 2.75) is 46.1 Å². The van der Waals surface area contributed by atoms with Crippen molar-refractivity contribution in [3.05, 3.63) is 23.8 Å². The molecule has 1 aliphatic carbocycles. The van der Waals surface area contributed by atoms with Crippen molar-refractivity contribution in [2.75, 3.05) is 14.2 Å². The molecule has 0 aromatic heterocycles. The molecule has 1 N–H and O–H groups in total. The maximum Gasteiger partial charge on any atom is 0.251 e. The standard InChI is InChI=1S/C18H27NO3/c1-12-6-14(11-18(2,3)10-12)19-17(20)13-7-15(21-4)9-16(8-13)22-5/h7-9,12,14H,6,10-11H2,1-5H3,(H,19,20)/t12-,14-/m1/s1. The molecular formula is C18H27NO3. The number of nitrogens with one attached hydrogen (secondary N) is 1. The van der Waals surface area contributed by atoms with Crippen LogP contribution in [-0.2, 0) is 0 Å². The molecule has 4 nitrogen and oxygen atoms in total. The summed E-state index contributed by atoms with van der Waals surface area (Å²) in [5.41, 5.74) is 0.856. The van der Waals surface area contributed by atoms with E-state index in [0.29, 0.717) is 23.0 Å². The van der Waals surface area contributed by atoms with Crippen molar-refractivity contribution < 1.29 is 14.3 Å². The van der Waals surface area contributed by atoms with E-state index in [1.165, 1.54) is 6.42 Å². The molecule has 1 aliphatic rings. The molecule has 2 atom stereocenters. The van der Waals surface area contributed by atoms with E-state index in [9.17, 15) is 4.79 Å². The predicted octanol–water partition coefficient (Wildman–Crippen LogP) is 3.65. The van der Waals surface area contributed by atoms with Crippen LogP contribution in [0.2, 0.25) is 0 Å². The lowest BCUT2D eigenvalue weighted by atomic mass is 9.70. The second-order valence-electron chi connectivity index (χ2n) is 7.19. The van der Waals surface area contributed by atoms with Gasteiger partial charge in [-0.15, -0.1) is 0 Å². The van der Waals surface area contributed by atoms with Crippen LogP contribution in [0.4, 0.5) is 0 Å². The van der Waals surface area contributed by atoms with Crippen LogP contribution in [0.25, 0.3) is 0 Å². The first-order valence-corrected chi connectivity index (χ1v) is 7.87. The van der Waals surface area contributed by atoms with Crippen LogP contribution in [0.5, 0.6) is 11.5 Å². The van der Waals surface area contributed by atoms with E-state index in [0.717, 1.165) is 12.8 Å². The van der Waals surface area contributed by atoms with E-state index in [4.69, 9.17) is 9.47 Å². The van der Waals surface area contributed by atoms with Gasteiger partial charge in [0.05, 0.1) is 14.2 Å². The van der Waals surface area contributed by atoms with Gasteiger partial charge in [0.25, 0.3) is 5.91 Å². The fourth-order valence-corrected chi connectivity index (χ4v) is 3.66. The quantitative estimate of drug-likeness (QED) is 0.923. The van der Waals surface area contributed by atoms with Crippen molar-refractivity contribution in [1.82, 2.24) is 5.32 Å². The number of carbonyl (C=O) groups is 1. The Labute approximate surface area is 133 Å². The van der Waals surface area contributed by atoms with Crippen LogP contribution in [0, 0.1) is 11.3 Å². The Morgan fingerprint density at radius 1 is 1.14 bits per heavy atom. The normalized spacial score (nSPS) is 23.7. The Hall–Kier alpha value is -1.71. The fraction of sp³-hybridized carbons (Fsp3) is 0.611. The zero-order valence-corrected chi connectivity index (χ0v) is 14.2. The summed E-state index contributed by atoms with van der Waals surface area (Å²) in [6, 6.07) is 5.48. The van der Waals surface area contributed by atoms with Gasteiger partial charge in [-0.2, -0.15) is 0 Å². The number of hydrogen-bond acceptors (Lipinski definition) is 3. The van der Waals surface area contributed by atoms with E-state index in [2.05, 4.69) is 26.1 Å². The molecular weight excluding hydrogens is 278 g/mol. The molecule has 1 amide bonds. The third-order valence-electron chi connectivity index (χ3n) is 4.34. The number of rotatable bonds is 4. The molecule has 0 spiro atoms. The summed E-state index contributed by atoms with van der Waals surface area (Å²) in [7, 11) is 3.17.